The van der Waals surface area contributed by atoms with Crippen molar-refractivity contribution in [1.29, 1.82) is 0 Å². The summed E-state index contributed by atoms with van der Waals surface area (Å²) < 4.78 is 10.6. The fraction of sp³-hybridized carbons (Fsp3) is 0.263. The summed E-state index contributed by atoms with van der Waals surface area (Å²) in [6.45, 7) is 0.981. The summed E-state index contributed by atoms with van der Waals surface area (Å²) in [6, 6.07) is 8.46. The molecule has 1 atom stereocenters. The van der Waals surface area contributed by atoms with Gasteiger partial charge >= 0.3 is 0 Å². The first-order valence-corrected chi connectivity index (χ1v) is 9.10. The minimum absolute atomic E-state index is 0.0172. The van der Waals surface area contributed by atoms with Crippen LogP contribution in [0.25, 0.3) is 0 Å². The van der Waals surface area contributed by atoms with Crippen molar-refractivity contribution in [1.82, 2.24) is 0 Å². The predicted molar refractivity (Wildman–Crippen MR) is 101 cm³/mol. The van der Waals surface area contributed by atoms with E-state index in [1.165, 1.54) is 0 Å². The van der Waals surface area contributed by atoms with E-state index in [0.29, 0.717) is 33.5 Å². The van der Waals surface area contributed by atoms with Gasteiger partial charge in [0.05, 0.1) is 22.1 Å². The molecule has 2 N–H and O–H groups in total. The molecule has 0 saturated carbocycles. The maximum atomic E-state index is 12.7. The number of nitrogens with zero attached hydrogens (tertiary/aromatic N) is 1. The van der Waals surface area contributed by atoms with Crippen LogP contribution in [0.3, 0.4) is 0 Å². The number of halogens is 1. The summed E-state index contributed by atoms with van der Waals surface area (Å²) in [5.41, 5.74) is 2.48. The number of carbonyl (C=O) groups is 2. The van der Waals surface area contributed by atoms with Gasteiger partial charge in [-0.05, 0) is 31.0 Å². The molecule has 2 amide bonds. The van der Waals surface area contributed by atoms with Crippen molar-refractivity contribution in [3.63, 3.8) is 0 Å². The van der Waals surface area contributed by atoms with Gasteiger partial charge in [0.2, 0.25) is 12.7 Å². The Kier molecular flexibility index (Phi) is 3.65. The van der Waals surface area contributed by atoms with E-state index in [-0.39, 0.29) is 24.6 Å². The van der Waals surface area contributed by atoms with Crippen LogP contribution in [0.4, 0.5) is 17.1 Å². The molecular formula is C19H16ClN3O4. The van der Waals surface area contributed by atoms with E-state index in [4.69, 9.17) is 21.1 Å². The molecule has 138 valence electrons. The third kappa shape index (κ3) is 2.66. The molecule has 8 heteroatoms. The molecule has 0 aliphatic carbocycles. The van der Waals surface area contributed by atoms with Crippen molar-refractivity contribution in [2.45, 2.75) is 18.9 Å². The molecule has 2 aromatic carbocycles. The lowest BCUT2D eigenvalue weighted by molar-refractivity contribution is -0.117. The lowest BCUT2D eigenvalue weighted by atomic mass is 10.1. The maximum Gasteiger partial charge on any atom is 0.255 e. The Morgan fingerprint density at radius 3 is 2.89 bits per heavy atom. The third-order valence-electron chi connectivity index (χ3n) is 5.09. The van der Waals surface area contributed by atoms with Crippen LogP contribution < -0.4 is 25.0 Å². The Morgan fingerprint density at radius 2 is 2.04 bits per heavy atom. The van der Waals surface area contributed by atoms with Crippen LogP contribution in [0.5, 0.6) is 11.5 Å². The number of hydrogen-bond donors (Lipinski definition) is 2. The van der Waals surface area contributed by atoms with Crippen molar-refractivity contribution in [3.05, 3.63) is 40.9 Å². The predicted octanol–water partition coefficient (Wildman–Crippen LogP) is 3.24. The smallest absolute Gasteiger partial charge is 0.255 e. The summed E-state index contributed by atoms with van der Waals surface area (Å²) in [5, 5.41) is 6.06. The van der Waals surface area contributed by atoms with Crippen LogP contribution in [0.1, 0.15) is 23.2 Å². The van der Waals surface area contributed by atoms with Gasteiger partial charge < -0.3 is 25.0 Å². The minimum atomic E-state index is -0.323. The van der Waals surface area contributed by atoms with Gasteiger partial charge in [-0.2, -0.15) is 0 Å². The Labute approximate surface area is 160 Å². The number of fused-ring (bicyclic) bond motifs is 4. The molecule has 5 rings (SSSR count). The van der Waals surface area contributed by atoms with Crippen LogP contribution in [-0.4, -0.2) is 31.2 Å². The number of hydrogen-bond acceptors (Lipinski definition) is 5. The van der Waals surface area contributed by atoms with Crippen molar-refractivity contribution in [2.75, 3.05) is 28.9 Å². The molecule has 0 bridgehead atoms. The Hall–Kier alpha value is -2.93. The maximum absolute atomic E-state index is 12.7. The molecule has 7 nitrogen and oxygen atoms in total. The first kappa shape index (κ1) is 16.3. The molecule has 3 aliphatic rings. The molecule has 0 aromatic heterocycles. The van der Waals surface area contributed by atoms with Gasteiger partial charge in [0.15, 0.2) is 11.5 Å². The van der Waals surface area contributed by atoms with Crippen LogP contribution in [0.2, 0.25) is 5.02 Å². The highest BCUT2D eigenvalue weighted by Gasteiger charge is 2.36. The summed E-state index contributed by atoms with van der Waals surface area (Å²) in [4.78, 5) is 27.1. The van der Waals surface area contributed by atoms with Gasteiger partial charge in [-0.25, -0.2) is 0 Å². The summed E-state index contributed by atoms with van der Waals surface area (Å²) in [5.74, 6) is 0.745. The number of anilines is 3. The fourth-order valence-corrected chi connectivity index (χ4v) is 3.98. The van der Waals surface area contributed by atoms with E-state index >= 15 is 0 Å². The van der Waals surface area contributed by atoms with Gasteiger partial charge in [-0.1, -0.05) is 11.6 Å². The van der Waals surface area contributed by atoms with E-state index in [9.17, 15) is 9.59 Å². The van der Waals surface area contributed by atoms with E-state index < -0.39 is 0 Å². The molecule has 3 aliphatic heterocycles. The Balaban J connectivity index is 1.42. The van der Waals surface area contributed by atoms with Gasteiger partial charge in [-0.3, -0.25) is 9.59 Å². The SMILES string of the molecule is O=C(Nc1cc2c(cc1Cl)OCO2)c1ccc2c(c1)NC(=O)C1CCCN21. The number of benzene rings is 2. The average molecular weight is 386 g/mol. The number of nitrogens with one attached hydrogen (secondary N) is 2. The van der Waals surface area contributed by atoms with Gasteiger partial charge in [0.1, 0.15) is 6.04 Å². The highest BCUT2D eigenvalue weighted by atomic mass is 35.5. The van der Waals surface area contributed by atoms with E-state index in [0.717, 1.165) is 25.1 Å². The largest absolute Gasteiger partial charge is 0.454 e. The van der Waals surface area contributed by atoms with Crippen LogP contribution in [0.15, 0.2) is 30.3 Å². The zero-order chi connectivity index (χ0) is 18.5. The topological polar surface area (TPSA) is 79.9 Å². The lowest BCUT2D eigenvalue weighted by Gasteiger charge is -2.33. The first-order chi connectivity index (χ1) is 13.1. The molecule has 0 spiro atoms. The first-order valence-electron chi connectivity index (χ1n) is 8.72. The number of ether oxygens (including phenoxy) is 2. The molecule has 1 fully saturated rings. The standard InChI is InChI=1S/C19H16ClN3O4/c20-11-7-16-17(27-9-26-16)8-12(11)21-18(24)10-3-4-14-13(6-10)22-19(25)15-2-1-5-23(14)15/h3-4,6-8,15H,1-2,5,9H2,(H,21,24)(H,22,25). The van der Waals surface area contributed by atoms with E-state index in [1.54, 1.807) is 24.3 Å². The monoisotopic (exact) mass is 385 g/mol. The summed E-state index contributed by atoms with van der Waals surface area (Å²) in [7, 11) is 0. The second-order valence-electron chi connectivity index (χ2n) is 6.71. The molecular weight excluding hydrogens is 370 g/mol. The number of carbonyl (C=O) groups excluding carboxylic acids is 2. The quantitative estimate of drug-likeness (QED) is 0.829. The lowest BCUT2D eigenvalue weighted by Crippen LogP contribution is -2.43. The van der Waals surface area contributed by atoms with Crippen molar-refractivity contribution in [3.8, 4) is 11.5 Å². The molecule has 1 unspecified atom stereocenters. The molecule has 0 radical (unpaired) electrons. The normalized spacial score (nSPS) is 19.4. The average Bonchev–Trinajstić information content (AvgIpc) is 3.31. The number of amides is 2. The second-order valence-corrected chi connectivity index (χ2v) is 7.12. The fourth-order valence-electron chi connectivity index (χ4n) is 3.78. The Bertz CT molecular complexity index is 978. The molecule has 27 heavy (non-hydrogen) atoms. The van der Waals surface area contributed by atoms with E-state index in [2.05, 4.69) is 15.5 Å². The third-order valence-corrected chi connectivity index (χ3v) is 5.40. The molecule has 2 aromatic rings. The summed E-state index contributed by atoms with van der Waals surface area (Å²) >= 11 is 6.22. The van der Waals surface area contributed by atoms with E-state index in [1.807, 2.05) is 6.07 Å². The van der Waals surface area contributed by atoms with Crippen molar-refractivity contribution < 1.29 is 19.1 Å². The van der Waals surface area contributed by atoms with Crippen LogP contribution in [-0.2, 0) is 4.79 Å². The van der Waals surface area contributed by atoms with Crippen LogP contribution >= 0.6 is 11.6 Å². The zero-order valence-electron chi connectivity index (χ0n) is 14.3. The molecule has 1 saturated heterocycles. The second kappa shape index (κ2) is 6.06. The van der Waals surface area contributed by atoms with Gasteiger partial charge in [0.25, 0.3) is 5.91 Å². The van der Waals surface area contributed by atoms with Gasteiger partial charge in [-0.15, -0.1) is 0 Å². The molecule has 3 heterocycles. The number of rotatable bonds is 2. The highest BCUT2D eigenvalue weighted by molar-refractivity contribution is 6.34. The van der Waals surface area contributed by atoms with Crippen molar-refractivity contribution >= 4 is 40.5 Å². The van der Waals surface area contributed by atoms with Crippen molar-refractivity contribution in [2.24, 2.45) is 0 Å². The summed E-state index contributed by atoms with van der Waals surface area (Å²) in [6.07, 6.45) is 1.85. The van der Waals surface area contributed by atoms with Gasteiger partial charge in [0, 0.05) is 24.2 Å². The highest BCUT2D eigenvalue weighted by Crippen LogP contribution is 2.40. The Morgan fingerprint density at radius 1 is 1.22 bits per heavy atom. The minimum Gasteiger partial charge on any atom is -0.454 e. The van der Waals surface area contributed by atoms with Crippen LogP contribution in [0, 0.1) is 0 Å². The zero-order valence-corrected chi connectivity index (χ0v) is 15.0.